The summed E-state index contributed by atoms with van der Waals surface area (Å²) in [6.07, 6.45) is 6.20. The second-order valence-corrected chi connectivity index (χ2v) is 11.0. The summed E-state index contributed by atoms with van der Waals surface area (Å²) in [4.78, 5) is 21.5. The molecule has 2 aliphatic heterocycles. The topological polar surface area (TPSA) is 86.4 Å². The van der Waals surface area contributed by atoms with Crippen LogP contribution < -0.4 is 10.1 Å². The van der Waals surface area contributed by atoms with Crippen LogP contribution >= 0.6 is 11.6 Å². The number of amides is 1. The first-order chi connectivity index (χ1) is 19.5. The van der Waals surface area contributed by atoms with Crippen molar-refractivity contribution in [2.45, 2.75) is 45.3 Å². The third-order valence-electron chi connectivity index (χ3n) is 7.86. The minimum absolute atomic E-state index is 0.0317. The van der Waals surface area contributed by atoms with Gasteiger partial charge in [-0.15, -0.1) is 5.10 Å². The highest BCUT2D eigenvalue weighted by atomic mass is 35.5. The Labute approximate surface area is 237 Å². The van der Waals surface area contributed by atoms with Crippen molar-refractivity contribution in [3.05, 3.63) is 76.3 Å². The highest BCUT2D eigenvalue weighted by Gasteiger charge is 2.33. The Morgan fingerprint density at radius 3 is 2.83 bits per heavy atom. The van der Waals surface area contributed by atoms with Crippen molar-refractivity contribution in [2.24, 2.45) is 0 Å². The molecule has 0 unspecified atom stereocenters. The number of aromatic amines is 1. The molecule has 4 heterocycles. The maximum atomic E-state index is 13.7. The maximum Gasteiger partial charge on any atom is 0.270 e. The fourth-order valence-electron chi connectivity index (χ4n) is 5.84. The monoisotopic (exact) mass is 562 g/mol. The Morgan fingerprint density at radius 1 is 1.18 bits per heavy atom. The molecule has 40 heavy (non-hydrogen) atoms. The summed E-state index contributed by atoms with van der Waals surface area (Å²) in [6, 6.07) is 11.8. The molecule has 0 bridgehead atoms. The molecule has 4 aromatic rings. The van der Waals surface area contributed by atoms with E-state index in [-0.39, 0.29) is 24.4 Å². The average molecular weight is 563 g/mol. The molecule has 208 valence electrons. The van der Waals surface area contributed by atoms with Gasteiger partial charge in [0, 0.05) is 30.2 Å². The van der Waals surface area contributed by atoms with Gasteiger partial charge in [0.2, 0.25) is 0 Å². The number of H-pyrrole nitrogens is 1. The Kier molecular flexibility index (Phi) is 7.58. The number of benzene rings is 2. The molecule has 10 heteroatoms. The summed E-state index contributed by atoms with van der Waals surface area (Å²) in [5.74, 6) is 0.740. The van der Waals surface area contributed by atoms with E-state index in [2.05, 4.69) is 25.4 Å². The van der Waals surface area contributed by atoms with Crippen molar-refractivity contribution in [1.29, 1.82) is 0 Å². The van der Waals surface area contributed by atoms with Gasteiger partial charge in [-0.1, -0.05) is 23.7 Å². The van der Waals surface area contributed by atoms with E-state index in [1.807, 2.05) is 17.9 Å². The molecule has 6 rings (SSSR count). The number of aryl methyl sites for hydroxylation is 1. The molecule has 2 aromatic carbocycles. The van der Waals surface area contributed by atoms with Gasteiger partial charge in [-0.2, -0.15) is 5.10 Å². The van der Waals surface area contributed by atoms with Gasteiger partial charge in [0.25, 0.3) is 5.91 Å². The van der Waals surface area contributed by atoms with E-state index in [1.54, 1.807) is 30.5 Å². The van der Waals surface area contributed by atoms with E-state index in [0.29, 0.717) is 33.5 Å². The lowest BCUT2D eigenvalue weighted by molar-refractivity contribution is 0.0703. The molecule has 2 aliphatic rings. The second kappa shape index (κ2) is 11.4. The van der Waals surface area contributed by atoms with E-state index >= 15 is 0 Å². The van der Waals surface area contributed by atoms with Crippen molar-refractivity contribution in [3.8, 4) is 5.75 Å². The molecule has 0 saturated carbocycles. The van der Waals surface area contributed by atoms with Gasteiger partial charge in [-0.3, -0.25) is 4.79 Å². The van der Waals surface area contributed by atoms with Gasteiger partial charge >= 0.3 is 0 Å². The van der Waals surface area contributed by atoms with Crippen molar-refractivity contribution in [2.75, 3.05) is 31.5 Å². The number of halogens is 2. The summed E-state index contributed by atoms with van der Waals surface area (Å²) in [6.45, 7) is 6.12. The summed E-state index contributed by atoms with van der Waals surface area (Å²) in [5.41, 5.74) is 3.58. The number of hydrogen-bond acceptors (Lipinski definition) is 6. The Balaban J connectivity index is 1.19. The van der Waals surface area contributed by atoms with E-state index in [0.717, 1.165) is 55.5 Å². The number of aromatic nitrogens is 3. The Hall–Kier alpha value is -3.69. The molecule has 1 atom stereocenters. The Bertz CT molecular complexity index is 1540. The number of fused-ring (bicyclic) bond motifs is 1. The minimum Gasteiger partial charge on any atom is -0.487 e. The third-order valence-corrected chi connectivity index (χ3v) is 8.15. The number of hydrogen-bond donors (Lipinski definition) is 2. The fraction of sp³-hybridized carbons (Fsp3) is 0.367. The van der Waals surface area contributed by atoms with Gasteiger partial charge < -0.3 is 24.8 Å². The largest absolute Gasteiger partial charge is 0.487 e. The van der Waals surface area contributed by atoms with Crippen LogP contribution in [0.5, 0.6) is 5.75 Å². The van der Waals surface area contributed by atoms with Crippen molar-refractivity contribution in [3.63, 3.8) is 0 Å². The van der Waals surface area contributed by atoms with Crippen LogP contribution in [0.2, 0.25) is 5.02 Å². The molecule has 2 fully saturated rings. The highest BCUT2D eigenvalue weighted by molar-refractivity contribution is 6.32. The number of carbonyl (C=O) groups excluding carboxylic acids is 1. The average Bonchev–Trinajstić information content (AvgIpc) is 3.70. The first-order valence-electron chi connectivity index (χ1n) is 13.8. The first-order valence-corrected chi connectivity index (χ1v) is 14.1. The van der Waals surface area contributed by atoms with E-state index in [1.165, 1.54) is 25.0 Å². The lowest BCUT2D eigenvalue weighted by Crippen LogP contribution is -2.42. The summed E-state index contributed by atoms with van der Waals surface area (Å²) < 4.78 is 19.3. The van der Waals surface area contributed by atoms with Gasteiger partial charge in [0.05, 0.1) is 16.7 Å². The smallest absolute Gasteiger partial charge is 0.270 e. The van der Waals surface area contributed by atoms with Crippen LogP contribution in [0.1, 0.15) is 47.3 Å². The number of likely N-dealkylation sites (tertiary alicyclic amines) is 2. The standard InChI is InChI=1S/C30H32ClFN6O2/c1-19-27-25(35-28(19)30(39)38-13-5-8-23(38)17-37-11-2-3-12-37)16-33-36-29(27)34-22-9-10-26(24(31)15-22)40-18-20-6-4-7-21(32)14-20/h4,6-7,9-10,14-16,23,35H,2-3,5,8,11-13,17-18H2,1H3,(H,34,36)/t23-/m1/s1. The zero-order valence-corrected chi connectivity index (χ0v) is 23.2. The lowest BCUT2D eigenvalue weighted by Gasteiger charge is -2.28. The SMILES string of the molecule is Cc1c(C(=O)N2CCC[C@@H]2CN2CCCC2)[nH]c2cnnc(Nc3ccc(OCc4cccc(F)c4)c(Cl)c3)c12. The quantitative estimate of drug-likeness (QED) is 0.271. The predicted molar refractivity (Wildman–Crippen MR) is 154 cm³/mol. The molecule has 0 spiro atoms. The number of ether oxygens (including phenoxy) is 1. The van der Waals surface area contributed by atoms with Crippen molar-refractivity contribution >= 4 is 39.9 Å². The van der Waals surface area contributed by atoms with E-state index in [4.69, 9.17) is 16.3 Å². The van der Waals surface area contributed by atoms with E-state index in [9.17, 15) is 9.18 Å². The summed E-state index contributed by atoms with van der Waals surface area (Å²) >= 11 is 6.50. The molecule has 0 radical (unpaired) electrons. The molecule has 2 saturated heterocycles. The van der Waals surface area contributed by atoms with E-state index < -0.39 is 0 Å². The minimum atomic E-state index is -0.311. The van der Waals surface area contributed by atoms with Crippen molar-refractivity contribution < 1.29 is 13.9 Å². The van der Waals surface area contributed by atoms with Crippen LogP contribution in [0.3, 0.4) is 0 Å². The second-order valence-electron chi connectivity index (χ2n) is 10.6. The molecule has 8 nitrogen and oxygen atoms in total. The highest BCUT2D eigenvalue weighted by Crippen LogP contribution is 2.34. The number of carbonyl (C=O) groups is 1. The first kappa shape index (κ1) is 26.5. The third kappa shape index (κ3) is 5.48. The normalized spacial score (nSPS) is 17.6. The van der Waals surface area contributed by atoms with Crippen LogP contribution in [0.4, 0.5) is 15.9 Å². The molecular formula is C30H32ClFN6O2. The van der Waals surface area contributed by atoms with Gasteiger partial charge in [0.1, 0.15) is 23.9 Å². The zero-order valence-electron chi connectivity index (χ0n) is 22.4. The molecular weight excluding hydrogens is 531 g/mol. The van der Waals surface area contributed by atoms with Crippen LogP contribution in [0.25, 0.3) is 10.9 Å². The molecule has 2 aromatic heterocycles. The van der Waals surface area contributed by atoms with Gasteiger partial charge in [-0.25, -0.2) is 4.39 Å². The van der Waals surface area contributed by atoms with Crippen LogP contribution in [0, 0.1) is 12.7 Å². The molecule has 0 aliphatic carbocycles. The van der Waals surface area contributed by atoms with Crippen LogP contribution in [-0.4, -0.2) is 63.1 Å². The van der Waals surface area contributed by atoms with Gasteiger partial charge in [-0.05, 0) is 87.2 Å². The van der Waals surface area contributed by atoms with Gasteiger partial charge in [0.15, 0.2) is 5.82 Å². The number of rotatable bonds is 8. The Morgan fingerprint density at radius 2 is 2.02 bits per heavy atom. The maximum absolute atomic E-state index is 13.7. The van der Waals surface area contributed by atoms with Crippen LogP contribution in [0.15, 0.2) is 48.7 Å². The lowest BCUT2D eigenvalue weighted by atomic mass is 10.1. The fourth-order valence-corrected chi connectivity index (χ4v) is 6.07. The molecule has 1 amide bonds. The zero-order chi connectivity index (χ0) is 27.6. The summed E-state index contributed by atoms with van der Waals surface area (Å²) in [5, 5.41) is 13.0. The van der Waals surface area contributed by atoms with Crippen LogP contribution in [-0.2, 0) is 6.61 Å². The number of nitrogens with one attached hydrogen (secondary N) is 2. The summed E-state index contributed by atoms with van der Waals surface area (Å²) in [7, 11) is 0. The molecule has 2 N–H and O–H groups in total. The van der Waals surface area contributed by atoms with Crippen molar-refractivity contribution in [1.82, 2.24) is 25.0 Å². The number of nitrogens with zero attached hydrogens (tertiary/aromatic N) is 4. The predicted octanol–water partition coefficient (Wildman–Crippen LogP) is 6.08. The number of anilines is 2.